The third-order valence-corrected chi connectivity index (χ3v) is 4.87. The number of amides is 1. The first-order chi connectivity index (χ1) is 9.08. The Morgan fingerprint density at radius 1 is 1.05 bits per heavy atom. The summed E-state index contributed by atoms with van der Waals surface area (Å²) in [5.74, 6) is -0.220. The normalized spacial score (nSPS) is 35.0. The van der Waals surface area contributed by atoms with Crippen LogP contribution in [-0.4, -0.2) is 23.5 Å². The summed E-state index contributed by atoms with van der Waals surface area (Å²) in [6.07, 6.45) is 7.11. The zero-order valence-electron chi connectivity index (χ0n) is 11.7. The molecular weight excluding hydrogens is 242 g/mol. The van der Waals surface area contributed by atoms with Gasteiger partial charge in [-0.05, 0) is 37.5 Å². The van der Waals surface area contributed by atoms with Crippen molar-refractivity contribution in [3.05, 3.63) is 0 Å². The van der Waals surface area contributed by atoms with E-state index in [0.717, 1.165) is 25.3 Å². The van der Waals surface area contributed by atoms with Gasteiger partial charge in [-0.1, -0.05) is 26.2 Å². The van der Waals surface area contributed by atoms with Gasteiger partial charge in [0, 0.05) is 6.54 Å². The van der Waals surface area contributed by atoms with Gasteiger partial charge in [0.2, 0.25) is 5.91 Å². The number of nitrogens with one attached hydrogen (secondary N) is 1. The van der Waals surface area contributed by atoms with E-state index in [1.807, 2.05) is 0 Å². The Morgan fingerprint density at radius 2 is 1.68 bits per heavy atom. The number of carboxylic acid groups (broad SMARTS) is 1. The van der Waals surface area contributed by atoms with Gasteiger partial charge in [0.05, 0.1) is 11.8 Å². The molecule has 2 atom stereocenters. The number of hydrogen-bond donors (Lipinski definition) is 2. The Balaban J connectivity index is 1.76. The number of carbonyl (C=O) groups is 2. The molecule has 1 amide bonds. The van der Waals surface area contributed by atoms with Gasteiger partial charge in [-0.15, -0.1) is 0 Å². The van der Waals surface area contributed by atoms with E-state index in [-0.39, 0.29) is 11.8 Å². The molecule has 0 radical (unpaired) electrons. The van der Waals surface area contributed by atoms with Gasteiger partial charge in [0.1, 0.15) is 0 Å². The van der Waals surface area contributed by atoms with Gasteiger partial charge < -0.3 is 10.4 Å². The first-order valence-corrected chi connectivity index (χ1v) is 7.58. The highest BCUT2D eigenvalue weighted by Gasteiger charge is 2.37. The summed E-state index contributed by atoms with van der Waals surface area (Å²) in [6.45, 7) is 3.01. The fraction of sp³-hybridized carbons (Fsp3) is 0.867. The summed E-state index contributed by atoms with van der Waals surface area (Å²) < 4.78 is 0. The van der Waals surface area contributed by atoms with Crippen LogP contribution in [0.4, 0.5) is 0 Å². The van der Waals surface area contributed by atoms with Crippen LogP contribution in [0.3, 0.4) is 0 Å². The van der Waals surface area contributed by atoms with E-state index in [2.05, 4.69) is 12.2 Å². The summed E-state index contributed by atoms with van der Waals surface area (Å²) in [4.78, 5) is 23.2. The van der Waals surface area contributed by atoms with Crippen LogP contribution in [0, 0.1) is 23.7 Å². The largest absolute Gasteiger partial charge is 0.481 e. The maximum Gasteiger partial charge on any atom is 0.307 e. The zero-order valence-corrected chi connectivity index (χ0v) is 11.7. The van der Waals surface area contributed by atoms with Crippen molar-refractivity contribution in [1.29, 1.82) is 0 Å². The van der Waals surface area contributed by atoms with Gasteiger partial charge in [-0.3, -0.25) is 9.59 Å². The van der Waals surface area contributed by atoms with Gasteiger partial charge in [0.25, 0.3) is 0 Å². The highest BCUT2D eigenvalue weighted by atomic mass is 16.4. The SMILES string of the molecule is CC1CCC(CNC(=O)[C@@H]2CCC[C@@H]2C(=O)O)CC1. The van der Waals surface area contributed by atoms with Crippen LogP contribution in [0.2, 0.25) is 0 Å². The lowest BCUT2D eigenvalue weighted by molar-refractivity contribution is -0.146. The maximum atomic E-state index is 12.1. The van der Waals surface area contributed by atoms with Gasteiger partial charge in [0.15, 0.2) is 0 Å². The van der Waals surface area contributed by atoms with E-state index < -0.39 is 11.9 Å². The Hall–Kier alpha value is -1.06. The molecule has 2 saturated carbocycles. The van der Waals surface area contributed by atoms with E-state index >= 15 is 0 Å². The van der Waals surface area contributed by atoms with Crippen molar-refractivity contribution < 1.29 is 14.7 Å². The van der Waals surface area contributed by atoms with Gasteiger partial charge in [-0.2, -0.15) is 0 Å². The Bertz CT molecular complexity index is 334. The van der Waals surface area contributed by atoms with Crippen molar-refractivity contribution in [3.63, 3.8) is 0 Å². The molecule has 19 heavy (non-hydrogen) atoms. The number of rotatable bonds is 4. The molecule has 0 aromatic heterocycles. The van der Waals surface area contributed by atoms with Gasteiger partial charge >= 0.3 is 5.97 Å². The van der Waals surface area contributed by atoms with Crippen molar-refractivity contribution in [2.75, 3.05) is 6.54 Å². The molecule has 0 aromatic rings. The predicted molar refractivity (Wildman–Crippen MR) is 72.6 cm³/mol. The minimum atomic E-state index is -0.816. The van der Waals surface area contributed by atoms with E-state index in [9.17, 15) is 9.59 Å². The minimum Gasteiger partial charge on any atom is -0.481 e. The summed E-state index contributed by atoms with van der Waals surface area (Å²) in [5, 5.41) is 12.1. The van der Waals surface area contributed by atoms with Crippen LogP contribution in [0.1, 0.15) is 51.9 Å². The molecule has 0 bridgehead atoms. The Labute approximate surface area is 115 Å². The molecule has 2 fully saturated rings. The number of carbonyl (C=O) groups excluding carboxylic acids is 1. The molecule has 2 N–H and O–H groups in total. The van der Waals surface area contributed by atoms with E-state index in [1.165, 1.54) is 25.7 Å². The molecule has 0 heterocycles. The Kier molecular flexibility index (Phi) is 4.83. The van der Waals surface area contributed by atoms with Crippen molar-refractivity contribution in [1.82, 2.24) is 5.32 Å². The fourth-order valence-electron chi connectivity index (χ4n) is 3.48. The first kappa shape index (κ1) is 14.4. The molecule has 0 aromatic carbocycles. The lowest BCUT2D eigenvalue weighted by Gasteiger charge is -2.27. The Morgan fingerprint density at radius 3 is 2.32 bits per heavy atom. The third-order valence-electron chi connectivity index (χ3n) is 4.87. The summed E-state index contributed by atoms with van der Waals surface area (Å²) in [6, 6.07) is 0. The van der Waals surface area contributed by atoms with Crippen molar-refractivity contribution in [2.24, 2.45) is 23.7 Å². The number of aliphatic carboxylic acids is 1. The van der Waals surface area contributed by atoms with Crippen LogP contribution in [0.25, 0.3) is 0 Å². The number of carboxylic acids is 1. The quantitative estimate of drug-likeness (QED) is 0.822. The third kappa shape index (κ3) is 3.71. The second kappa shape index (κ2) is 6.40. The van der Waals surface area contributed by atoms with Gasteiger partial charge in [-0.25, -0.2) is 0 Å². The highest BCUT2D eigenvalue weighted by Crippen LogP contribution is 2.32. The smallest absolute Gasteiger partial charge is 0.307 e. The zero-order chi connectivity index (χ0) is 13.8. The van der Waals surface area contributed by atoms with Crippen LogP contribution >= 0.6 is 0 Å². The fourth-order valence-corrected chi connectivity index (χ4v) is 3.48. The molecule has 0 aliphatic heterocycles. The lowest BCUT2D eigenvalue weighted by Crippen LogP contribution is -2.38. The second-order valence-corrected chi connectivity index (χ2v) is 6.35. The molecular formula is C15H25NO3. The first-order valence-electron chi connectivity index (χ1n) is 7.58. The molecule has 0 saturated heterocycles. The summed E-state index contributed by atoms with van der Waals surface area (Å²) >= 11 is 0. The lowest BCUT2D eigenvalue weighted by atomic mass is 9.83. The molecule has 4 heteroatoms. The molecule has 2 rings (SSSR count). The summed E-state index contributed by atoms with van der Waals surface area (Å²) in [7, 11) is 0. The van der Waals surface area contributed by atoms with E-state index in [1.54, 1.807) is 0 Å². The predicted octanol–water partition coefficient (Wildman–Crippen LogP) is 2.43. The van der Waals surface area contributed by atoms with Crippen molar-refractivity contribution in [2.45, 2.75) is 51.9 Å². The standard InChI is InChI=1S/C15H25NO3/c1-10-5-7-11(8-6-10)9-16-14(17)12-3-2-4-13(12)15(18)19/h10-13H,2-9H2,1H3,(H,16,17)(H,18,19)/t10?,11?,12-,13+/m1/s1. The average Bonchev–Trinajstić information content (AvgIpc) is 2.87. The van der Waals surface area contributed by atoms with Crippen LogP contribution in [0.15, 0.2) is 0 Å². The minimum absolute atomic E-state index is 0.0384. The summed E-state index contributed by atoms with van der Waals surface area (Å²) in [5.41, 5.74) is 0. The molecule has 0 unspecified atom stereocenters. The maximum absolute atomic E-state index is 12.1. The molecule has 4 nitrogen and oxygen atoms in total. The average molecular weight is 267 g/mol. The molecule has 2 aliphatic rings. The van der Waals surface area contributed by atoms with Crippen LogP contribution in [-0.2, 0) is 9.59 Å². The van der Waals surface area contributed by atoms with E-state index in [4.69, 9.17) is 5.11 Å². The number of hydrogen-bond acceptors (Lipinski definition) is 2. The van der Waals surface area contributed by atoms with Crippen molar-refractivity contribution in [3.8, 4) is 0 Å². The van der Waals surface area contributed by atoms with Crippen LogP contribution < -0.4 is 5.32 Å². The monoisotopic (exact) mass is 267 g/mol. The highest BCUT2D eigenvalue weighted by molar-refractivity contribution is 5.85. The van der Waals surface area contributed by atoms with Crippen LogP contribution in [0.5, 0.6) is 0 Å². The van der Waals surface area contributed by atoms with Crippen molar-refractivity contribution >= 4 is 11.9 Å². The molecule has 108 valence electrons. The molecule has 0 spiro atoms. The van der Waals surface area contributed by atoms with E-state index in [0.29, 0.717) is 12.3 Å². The molecule has 2 aliphatic carbocycles. The second-order valence-electron chi connectivity index (χ2n) is 6.35. The topological polar surface area (TPSA) is 66.4 Å².